The van der Waals surface area contributed by atoms with Gasteiger partial charge in [0, 0.05) is 26.1 Å². The van der Waals surface area contributed by atoms with Crippen molar-refractivity contribution in [3.63, 3.8) is 0 Å². The first kappa shape index (κ1) is 18.5. The third-order valence-corrected chi connectivity index (χ3v) is 5.46. The van der Waals surface area contributed by atoms with Crippen LogP contribution in [0.3, 0.4) is 0 Å². The van der Waals surface area contributed by atoms with Gasteiger partial charge in [-0.05, 0) is 47.8 Å². The molecule has 6 heteroatoms. The lowest BCUT2D eigenvalue weighted by Gasteiger charge is -2.16. The SMILES string of the molecule is CC1(C)C(CC(=O)O)C1c1ccc(OCCCNC2=NCCCN2)cc1. The molecule has 142 valence electrons. The number of carboxylic acids is 1. The Morgan fingerprint density at radius 3 is 2.81 bits per heavy atom. The molecule has 6 nitrogen and oxygen atoms in total. The highest BCUT2D eigenvalue weighted by Crippen LogP contribution is 2.65. The molecule has 0 aromatic heterocycles. The van der Waals surface area contributed by atoms with Crippen LogP contribution in [-0.2, 0) is 4.79 Å². The zero-order chi connectivity index (χ0) is 18.6. The Labute approximate surface area is 155 Å². The summed E-state index contributed by atoms with van der Waals surface area (Å²) in [5.74, 6) is 1.57. The molecule has 0 spiro atoms. The molecule has 1 heterocycles. The highest BCUT2D eigenvalue weighted by molar-refractivity contribution is 5.80. The highest BCUT2D eigenvalue weighted by Gasteiger charge is 2.58. The molecule has 1 aliphatic carbocycles. The van der Waals surface area contributed by atoms with E-state index in [1.54, 1.807) is 0 Å². The molecule has 1 aliphatic heterocycles. The number of rotatable bonds is 8. The maximum atomic E-state index is 11.0. The van der Waals surface area contributed by atoms with E-state index in [1.807, 2.05) is 12.1 Å². The summed E-state index contributed by atoms with van der Waals surface area (Å²) in [5.41, 5.74) is 1.26. The number of guanidine groups is 1. The second-order valence-corrected chi connectivity index (χ2v) is 7.71. The lowest BCUT2D eigenvalue weighted by Crippen LogP contribution is -2.41. The molecule has 0 saturated heterocycles. The summed E-state index contributed by atoms with van der Waals surface area (Å²) in [6.45, 7) is 7.65. The van der Waals surface area contributed by atoms with E-state index in [-0.39, 0.29) is 17.8 Å². The number of aliphatic carboxylic acids is 1. The third kappa shape index (κ3) is 4.48. The molecule has 0 amide bonds. The Hall–Kier alpha value is -2.24. The minimum atomic E-state index is -0.714. The predicted molar refractivity (Wildman–Crippen MR) is 102 cm³/mol. The van der Waals surface area contributed by atoms with Crippen molar-refractivity contribution in [2.75, 3.05) is 26.2 Å². The van der Waals surface area contributed by atoms with Gasteiger partial charge in [-0.25, -0.2) is 0 Å². The van der Waals surface area contributed by atoms with Crippen LogP contribution in [0.2, 0.25) is 0 Å². The molecule has 2 atom stereocenters. The smallest absolute Gasteiger partial charge is 0.303 e. The van der Waals surface area contributed by atoms with Crippen molar-refractivity contribution in [3.05, 3.63) is 29.8 Å². The van der Waals surface area contributed by atoms with E-state index in [2.05, 4.69) is 41.6 Å². The van der Waals surface area contributed by atoms with Crippen LogP contribution < -0.4 is 15.4 Å². The van der Waals surface area contributed by atoms with E-state index in [0.717, 1.165) is 44.2 Å². The molecule has 1 fully saturated rings. The van der Waals surface area contributed by atoms with Gasteiger partial charge in [0.25, 0.3) is 0 Å². The quantitative estimate of drug-likeness (QED) is 0.622. The van der Waals surface area contributed by atoms with Gasteiger partial charge < -0.3 is 20.5 Å². The molecule has 26 heavy (non-hydrogen) atoms. The number of nitrogens with one attached hydrogen (secondary N) is 2. The van der Waals surface area contributed by atoms with Crippen LogP contribution in [-0.4, -0.2) is 43.3 Å². The number of carbonyl (C=O) groups is 1. The predicted octanol–water partition coefficient (Wildman–Crippen LogP) is 2.61. The molecular formula is C20H29N3O3. The maximum Gasteiger partial charge on any atom is 0.303 e. The van der Waals surface area contributed by atoms with Gasteiger partial charge in [-0.1, -0.05) is 26.0 Å². The largest absolute Gasteiger partial charge is 0.494 e. The molecule has 0 bridgehead atoms. The van der Waals surface area contributed by atoms with Crippen molar-refractivity contribution in [3.8, 4) is 5.75 Å². The first-order valence-corrected chi connectivity index (χ1v) is 9.45. The van der Waals surface area contributed by atoms with Crippen molar-refractivity contribution in [2.24, 2.45) is 16.3 Å². The Bertz CT molecular complexity index is 655. The van der Waals surface area contributed by atoms with Gasteiger partial charge in [-0.2, -0.15) is 0 Å². The van der Waals surface area contributed by atoms with E-state index >= 15 is 0 Å². The average Bonchev–Trinajstić information content (AvgIpc) is 3.15. The Morgan fingerprint density at radius 1 is 1.38 bits per heavy atom. The minimum absolute atomic E-state index is 0.0578. The van der Waals surface area contributed by atoms with Gasteiger partial charge in [-0.3, -0.25) is 9.79 Å². The van der Waals surface area contributed by atoms with E-state index in [4.69, 9.17) is 9.84 Å². The zero-order valence-electron chi connectivity index (χ0n) is 15.6. The normalized spacial score (nSPS) is 23.5. The molecular weight excluding hydrogens is 330 g/mol. The topological polar surface area (TPSA) is 83.0 Å². The van der Waals surface area contributed by atoms with Crippen LogP contribution in [0, 0.1) is 11.3 Å². The number of benzene rings is 1. The van der Waals surface area contributed by atoms with Gasteiger partial charge in [-0.15, -0.1) is 0 Å². The second-order valence-electron chi connectivity index (χ2n) is 7.71. The average molecular weight is 359 g/mol. The van der Waals surface area contributed by atoms with Gasteiger partial charge in [0.2, 0.25) is 0 Å². The summed E-state index contributed by atoms with van der Waals surface area (Å²) in [6, 6.07) is 8.12. The first-order valence-electron chi connectivity index (χ1n) is 9.45. The van der Waals surface area contributed by atoms with Gasteiger partial charge in [0.05, 0.1) is 6.61 Å². The zero-order valence-corrected chi connectivity index (χ0v) is 15.6. The van der Waals surface area contributed by atoms with Crippen LogP contribution in [0.15, 0.2) is 29.3 Å². The van der Waals surface area contributed by atoms with Crippen molar-refractivity contribution in [1.29, 1.82) is 0 Å². The van der Waals surface area contributed by atoms with E-state index in [1.165, 1.54) is 5.56 Å². The molecule has 1 aromatic rings. The van der Waals surface area contributed by atoms with Crippen molar-refractivity contribution in [2.45, 2.75) is 39.0 Å². The van der Waals surface area contributed by atoms with Crippen molar-refractivity contribution < 1.29 is 14.6 Å². The fourth-order valence-corrected chi connectivity index (χ4v) is 3.87. The third-order valence-electron chi connectivity index (χ3n) is 5.46. The molecule has 1 saturated carbocycles. The van der Waals surface area contributed by atoms with Gasteiger partial charge in [0.1, 0.15) is 5.75 Å². The van der Waals surface area contributed by atoms with E-state index in [9.17, 15) is 4.79 Å². The van der Waals surface area contributed by atoms with E-state index in [0.29, 0.717) is 12.5 Å². The van der Waals surface area contributed by atoms with Crippen LogP contribution in [0.25, 0.3) is 0 Å². The van der Waals surface area contributed by atoms with E-state index < -0.39 is 5.97 Å². The maximum absolute atomic E-state index is 11.0. The number of nitrogens with zero attached hydrogens (tertiary/aromatic N) is 1. The standard InChI is InChI=1S/C20H29N3O3/c1-20(2)16(13-17(24)25)18(20)14-5-7-15(8-6-14)26-12-4-11-23-19-21-9-3-10-22-19/h5-8,16,18H,3-4,9-13H2,1-2H3,(H,24,25)(H2,21,22,23). The first-order chi connectivity index (χ1) is 12.5. The van der Waals surface area contributed by atoms with Crippen LogP contribution in [0.4, 0.5) is 0 Å². The van der Waals surface area contributed by atoms with Crippen molar-refractivity contribution in [1.82, 2.24) is 10.6 Å². The molecule has 3 rings (SSSR count). The Balaban J connectivity index is 1.41. The summed E-state index contributed by atoms with van der Waals surface area (Å²) in [4.78, 5) is 15.4. The minimum Gasteiger partial charge on any atom is -0.494 e. The number of ether oxygens (including phenoxy) is 1. The fourth-order valence-electron chi connectivity index (χ4n) is 3.87. The number of hydrogen-bond donors (Lipinski definition) is 3. The summed E-state index contributed by atoms with van der Waals surface area (Å²) in [6.07, 6.45) is 2.24. The van der Waals surface area contributed by atoms with Crippen molar-refractivity contribution >= 4 is 11.9 Å². The Kier molecular flexibility index (Phi) is 5.69. The van der Waals surface area contributed by atoms with Crippen LogP contribution >= 0.6 is 0 Å². The summed E-state index contributed by atoms with van der Waals surface area (Å²) >= 11 is 0. The van der Waals surface area contributed by atoms with Crippen LogP contribution in [0.5, 0.6) is 5.75 Å². The molecule has 0 radical (unpaired) electrons. The lowest BCUT2D eigenvalue weighted by atomic mass is 10.0. The molecule has 2 aliphatic rings. The summed E-state index contributed by atoms with van der Waals surface area (Å²) < 4.78 is 5.80. The fraction of sp³-hybridized carbons (Fsp3) is 0.600. The number of hydrogen-bond acceptors (Lipinski definition) is 5. The summed E-state index contributed by atoms with van der Waals surface area (Å²) in [5, 5.41) is 15.6. The number of aliphatic imine (C=N–C) groups is 1. The molecule has 2 unspecified atom stereocenters. The second kappa shape index (κ2) is 7.98. The summed E-state index contributed by atoms with van der Waals surface area (Å²) in [7, 11) is 0. The lowest BCUT2D eigenvalue weighted by molar-refractivity contribution is -0.137. The molecule has 1 aromatic carbocycles. The number of carboxylic acid groups (broad SMARTS) is 1. The van der Waals surface area contributed by atoms with Crippen LogP contribution in [0.1, 0.15) is 44.6 Å². The van der Waals surface area contributed by atoms with Gasteiger partial charge >= 0.3 is 5.97 Å². The van der Waals surface area contributed by atoms with Gasteiger partial charge in [0.15, 0.2) is 5.96 Å². The monoisotopic (exact) mass is 359 g/mol. The Morgan fingerprint density at radius 2 is 2.15 bits per heavy atom. The highest BCUT2D eigenvalue weighted by atomic mass is 16.5. The molecule has 3 N–H and O–H groups in total.